The van der Waals surface area contributed by atoms with Crippen LogP contribution in [0.5, 0.6) is 5.75 Å². The Hall–Kier alpha value is -1.72. The number of halogens is 3. The molecule has 1 aliphatic rings. The summed E-state index contributed by atoms with van der Waals surface area (Å²) in [5, 5.41) is 0. The van der Waals surface area contributed by atoms with E-state index in [4.69, 9.17) is 4.74 Å². The van der Waals surface area contributed by atoms with Crippen LogP contribution < -0.4 is 9.64 Å². The lowest BCUT2D eigenvalue weighted by Gasteiger charge is -2.24. The first-order valence-electron chi connectivity index (χ1n) is 6.22. The maximum atomic E-state index is 12.5. The highest BCUT2D eigenvalue weighted by Gasteiger charge is 2.47. The predicted molar refractivity (Wildman–Crippen MR) is 69.0 cm³/mol. The highest BCUT2D eigenvalue weighted by atomic mass is 19.4. The molecule has 0 fully saturated rings. The van der Waals surface area contributed by atoms with Gasteiger partial charge in [0.1, 0.15) is 5.75 Å². The molecule has 3 nitrogen and oxygen atoms in total. The van der Waals surface area contributed by atoms with Gasteiger partial charge in [-0.1, -0.05) is 0 Å². The van der Waals surface area contributed by atoms with E-state index in [1.807, 2.05) is 0 Å². The van der Waals surface area contributed by atoms with Crippen molar-refractivity contribution in [3.63, 3.8) is 0 Å². The van der Waals surface area contributed by atoms with Crippen molar-refractivity contribution in [1.29, 1.82) is 0 Å². The SMILES string of the molecule is COc1ccc2c(c1)C(C)(CCC(F)(F)F)C(=O)N2C. The first-order valence-corrected chi connectivity index (χ1v) is 6.22. The van der Waals surface area contributed by atoms with E-state index in [0.29, 0.717) is 17.0 Å². The minimum Gasteiger partial charge on any atom is -0.497 e. The average Bonchev–Trinajstić information content (AvgIpc) is 2.58. The van der Waals surface area contributed by atoms with Gasteiger partial charge in [0.2, 0.25) is 5.91 Å². The fourth-order valence-electron chi connectivity index (χ4n) is 2.60. The van der Waals surface area contributed by atoms with Crippen LogP contribution in [0.1, 0.15) is 25.3 Å². The Bertz CT molecular complexity index is 542. The van der Waals surface area contributed by atoms with Crippen molar-refractivity contribution in [2.75, 3.05) is 19.1 Å². The van der Waals surface area contributed by atoms with E-state index >= 15 is 0 Å². The van der Waals surface area contributed by atoms with E-state index in [-0.39, 0.29) is 12.3 Å². The van der Waals surface area contributed by atoms with Crippen LogP contribution in [0.3, 0.4) is 0 Å². The van der Waals surface area contributed by atoms with Crippen molar-refractivity contribution < 1.29 is 22.7 Å². The van der Waals surface area contributed by atoms with Crippen LogP contribution in [-0.4, -0.2) is 26.2 Å². The lowest BCUT2D eigenvalue weighted by molar-refractivity contribution is -0.141. The molecule has 1 atom stereocenters. The van der Waals surface area contributed by atoms with Gasteiger partial charge in [-0.15, -0.1) is 0 Å². The van der Waals surface area contributed by atoms with E-state index in [1.54, 1.807) is 32.2 Å². The normalized spacial score (nSPS) is 22.1. The van der Waals surface area contributed by atoms with Crippen molar-refractivity contribution >= 4 is 11.6 Å². The molecule has 6 heteroatoms. The molecule has 2 rings (SSSR count). The largest absolute Gasteiger partial charge is 0.497 e. The van der Waals surface area contributed by atoms with Gasteiger partial charge in [-0.05, 0) is 37.1 Å². The Morgan fingerprint density at radius 1 is 1.35 bits per heavy atom. The second kappa shape index (κ2) is 4.68. The Morgan fingerprint density at radius 3 is 2.55 bits per heavy atom. The molecule has 20 heavy (non-hydrogen) atoms. The number of carbonyl (C=O) groups excluding carboxylic acids is 1. The topological polar surface area (TPSA) is 29.5 Å². The summed E-state index contributed by atoms with van der Waals surface area (Å²) < 4.78 is 42.5. The van der Waals surface area contributed by atoms with Gasteiger partial charge in [-0.2, -0.15) is 13.2 Å². The number of nitrogens with zero attached hydrogens (tertiary/aromatic N) is 1. The molecule has 0 aromatic heterocycles. The third-order valence-corrected chi connectivity index (χ3v) is 3.84. The van der Waals surface area contributed by atoms with Crippen molar-refractivity contribution in [1.82, 2.24) is 0 Å². The maximum Gasteiger partial charge on any atom is 0.389 e. The first kappa shape index (κ1) is 14.7. The van der Waals surface area contributed by atoms with Gasteiger partial charge < -0.3 is 9.64 Å². The van der Waals surface area contributed by atoms with E-state index in [0.717, 1.165) is 0 Å². The van der Waals surface area contributed by atoms with Gasteiger partial charge >= 0.3 is 6.18 Å². The molecule has 1 amide bonds. The number of anilines is 1. The van der Waals surface area contributed by atoms with Crippen molar-refractivity contribution in [3.8, 4) is 5.75 Å². The Balaban J connectivity index is 2.42. The van der Waals surface area contributed by atoms with Crippen LogP contribution in [0.25, 0.3) is 0 Å². The average molecular weight is 287 g/mol. The Morgan fingerprint density at radius 2 is 2.00 bits per heavy atom. The quantitative estimate of drug-likeness (QED) is 0.854. The van der Waals surface area contributed by atoms with Crippen LogP contribution in [-0.2, 0) is 10.2 Å². The molecular formula is C14H16F3NO2. The van der Waals surface area contributed by atoms with Crippen molar-refractivity contribution in [2.24, 2.45) is 0 Å². The molecule has 0 saturated heterocycles. The van der Waals surface area contributed by atoms with Gasteiger partial charge in [0.05, 0.1) is 12.5 Å². The molecule has 0 N–H and O–H groups in total. The predicted octanol–water partition coefficient (Wildman–Crippen LogP) is 3.27. The number of likely N-dealkylation sites (N-methyl/N-ethyl adjacent to an activating group) is 1. The maximum absolute atomic E-state index is 12.5. The zero-order valence-corrected chi connectivity index (χ0v) is 11.5. The standard InChI is InChI=1S/C14H16F3NO2/c1-13(6-7-14(15,16)17)10-8-9(20-3)4-5-11(10)18(2)12(13)19/h4-5,8H,6-7H2,1-3H3. The zero-order chi connectivity index (χ0) is 15.1. The number of hydrogen-bond acceptors (Lipinski definition) is 2. The van der Waals surface area contributed by atoms with Crippen LogP contribution in [0.15, 0.2) is 18.2 Å². The minimum atomic E-state index is -4.27. The molecule has 1 aromatic rings. The number of alkyl halides is 3. The number of benzene rings is 1. The summed E-state index contributed by atoms with van der Waals surface area (Å²) in [5.74, 6) is 0.218. The van der Waals surface area contributed by atoms with Gasteiger partial charge in [-0.3, -0.25) is 4.79 Å². The van der Waals surface area contributed by atoms with E-state index in [2.05, 4.69) is 0 Å². The molecule has 1 aromatic carbocycles. The molecule has 110 valence electrons. The lowest BCUT2D eigenvalue weighted by Crippen LogP contribution is -2.37. The summed E-state index contributed by atoms with van der Waals surface area (Å²) in [6.45, 7) is 1.56. The lowest BCUT2D eigenvalue weighted by atomic mass is 9.79. The zero-order valence-electron chi connectivity index (χ0n) is 11.5. The smallest absolute Gasteiger partial charge is 0.389 e. The molecule has 1 heterocycles. The molecule has 0 aliphatic carbocycles. The second-order valence-corrected chi connectivity index (χ2v) is 5.19. The number of ether oxygens (including phenoxy) is 1. The summed E-state index contributed by atoms with van der Waals surface area (Å²) >= 11 is 0. The van der Waals surface area contributed by atoms with Crippen LogP contribution in [0.4, 0.5) is 18.9 Å². The molecular weight excluding hydrogens is 271 g/mol. The van der Waals surface area contributed by atoms with Gasteiger partial charge in [0.25, 0.3) is 0 Å². The van der Waals surface area contributed by atoms with Gasteiger partial charge in [-0.25, -0.2) is 0 Å². The van der Waals surface area contributed by atoms with Crippen molar-refractivity contribution in [2.45, 2.75) is 31.4 Å². The number of amides is 1. The highest BCUT2D eigenvalue weighted by Crippen LogP contribution is 2.46. The molecule has 1 aliphatic heterocycles. The van der Waals surface area contributed by atoms with Crippen LogP contribution in [0, 0.1) is 0 Å². The summed E-state index contributed by atoms with van der Waals surface area (Å²) in [5.41, 5.74) is 0.0720. The number of methoxy groups -OCH3 is 1. The molecule has 0 saturated carbocycles. The number of hydrogen-bond donors (Lipinski definition) is 0. The van der Waals surface area contributed by atoms with Gasteiger partial charge in [0.15, 0.2) is 0 Å². The van der Waals surface area contributed by atoms with Crippen molar-refractivity contribution in [3.05, 3.63) is 23.8 Å². The number of carbonyl (C=O) groups is 1. The molecule has 0 bridgehead atoms. The third-order valence-electron chi connectivity index (χ3n) is 3.84. The monoisotopic (exact) mass is 287 g/mol. The molecule has 1 unspecified atom stereocenters. The highest BCUT2D eigenvalue weighted by molar-refractivity contribution is 6.07. The summed E-state index contributed by atoms with van der Waals surface area (Å²) in [6, 6.07) is 5.04. The Kier molecular flexibility index (Phi) is 3.44. The summed E-state index contributed by atoms with van der Waals surface area (Å²) in [7, 11) is 3.06. The molecule has 0 radical (unpaired) electrons. The summed E-state index contributed by atoms with van der Waals surface area (Å²) in [6.07, 6.45) is -5.52. The van der Waals surface area contributed by atoms with Crippen LogP contribution >= 0.6 is 0 Å². The second-order valence-electron chi connectivity index (χ2n) is 5.19. The van der Waals surface area contributed by atoms with E-state index in [1.165, 1.54) is 12.0 Å². The minimum absolute atomic E-state index is 0.264. The Labute approximate surface area is 115 Å². The van der Waals surface area contributed by atoms with Gasteiger partial charge in [0, 0.05) is 19.2 Å². The fraction of sp³-hybridized carbons (Fsp3) is 0.500. The number of rotatable bonds is 3. The van der Waals surface area contributed by atoms with E-state index in [9.17, 15) is 18.0 Å². The first-order chi connectivity index (χ1) is 9.19. The molecule has 0 spiro atoms. The third kappa shape index (κ3) is 2.34. The fourth-order valence-corrected chi connectivity index (χ4v) is 2.60. The van der Waals surface area contributed by atoms with E-state index < -0.39 is 18.0 Å². The number of fused-ring (bicyclic) bond motifs is 1. The van der Waals surface area contributed by atoms with Crippen LogP contribution in [0.2, 0.25) is 0 Å². The summed E-state index contributed by atoms with van der Waals surface area (Å²) in [4.78, 5) is 13.7.